The second-order valence-electron chi connectivity index (χ2n) is 4.92. The average Bonchev–Trinajstić information content (AvgIpc) is 2.43. The fourth-order valence-electron chi connectivity index (χ4n) is 2.15. The molecule has 1 aliphatic rings. The van der Waals surface area contributed by atoms with Gasteiger partial charge in [-0.1, -0.05) is 18.2 Å². The first-order chi connectivity index (χ1) is 9.10. The van der Waals surface area contributed by atoms with Crippen LogP contribution in [0.1, 0.15) is 16.7 Å². The number of hydrogen-bond acceptors (Lipinski definition) is 3. The number of aryl methyl sites for hydroxylation is 2. The van der Waals surface area contributed by atoms with Gasteiger partial charge in [0, 0.05) is 6.54 Å². The van der Waals surface area contributed by atoms with Gasteiger partial charge in [-0.3, -0.25) is 4.79 Å². The van der Waals surface area contributed by atoms with Gasteiger partial charge < -0.3 is 9.64 Å². The zero-order chi connectivity index (χ0) is 13.8. The standard InChI is InChI=1S/C15H18N2O2/c1-11-3-4-13(7-12(11)2)8-15(18)17-5-6-19-14(9-16)10-17/h3-4,7,14H,5-6,8,10H2,1-2H3. The van der Waals surface area contributed by atoms with Crippen LogP contribution in [0.15, 0.2) is 18.2 Å². The van der Waals surface area contributed by atoms with Crippen LogP contribution in [0.5, 0.6) is 0 Å². The summed E-state index contributed by atoms with van der Waals surface area (Å²) < 4.78 is 5.24. The van der Waals surface area contributed by atoms with Crippen molar-refractivity contribution in [1.29, 1.82) is 5.26 Å². The summed E-state index contributed by atoms with van der Waals surface area (Å²) in [6.45, 7) is 5.49. The largest absolute Gasteiger partial charge is 0.360 e. The van der Waals surface area contributed by atoms with Gasteiger partial charge in [0.1, 0.15) is 0 Å². The Labute approximate surface area is 113 Å². The van der Waals surface area contributed by atoms with Gasteiger partial charge in [-0.2, -0.15) is 5.26 Å². The van der Waals surface area contributed by atoms with Crippen molar-refractivity contribution < 1.29 is 9.53 Å². The van der Waals surface area contributed by atoms with Gasteiger partial charge >= 0.3 is 0 Å². The van der Waals surface area contributed by atoms with Crippen molar-refractivity contribution in [2.45, 2.75) is 26.4 Å². The molecule has 1 aromatic rings. The van der Waals surface area contributed by atoms with E-state index in [1.54, 1.807) is 4.90 Å². The van der Waals surface area contributed by atoms with E-state index in [0.717, 1.165) is 5.56 Å². The number of amides is 1. The van der Waals surface area contributed by atoms with Crippen LogP contribution in [0, 0.1) is 25.2 Å². The number of morpholine rings is 1. The molecule has 0 spiro atoms. The third-order valence-electron chi connectivity index (χ3n) is 3.49. The Morgan fingerprint density at radius 2 is 2.26 bits per heavy atom. The Balaban J connectivity index is 2.00. The van der Waals surface area contributed by atoms with E-state index in [1.165, 1.54) is 11.1 Å². The van der Waals surface area contributed by atoms with Crippen LogP contribution in [0.2, 0.25) is 0 Å². The first-order valence-electron chi connectivity index (χ1n) is 6.45. The van der Waals surface area contributed by atoms with E-state index in [2.05, 4.69) is 19.1 Å². The molecule has 19 heavy (non-hydrogen) atoms. The van der Waals surface area contributed by atoms with Gasteiger partial charge in [0.05, 0.1) is 25.6 Å². The highest BCUT2D eigenvalue weighted by Crippen LogP contribution is 2.12. The van der Waals surface area contributed by atoms with E-state index in [0.29, 0.717) is 26.1 Å². The molecule has 1 aromatic carbocycles. The number of carbonyl (C=O) groups excluding carboxylic acids is 1. The van der Waals surface area contributed by atoms with E-state index in [9.17, 15) is 4.79 Å². The number of benzene rings is 1. The first kappa shape index (κ1) is 13.6. The normalized spacial score (nSPS) is 19.0. The molecule has 2 rings (SSSR count). The average molecular weight is 258 g/mol. The van der Waals surface area contributed by atoms with Gasteiger partial charge in [0.2, 0.25) is 5.91 Å². The van der Waals surface area contributed by atoms with Crippen LogP contribution >= 0.6 is 0 Å². The molecule has 1 fully saturated rings. The lowest BCUT2D eigenvalue weighted by molar-refractivity contribution is -0.136. The van der Waals surface area contributed by atoms with Crippen LogP contribution in [-0.4, -0.2) is 36.6 Å². The maximum Gasteiger partial charge on any atom is 0.227 e. The van der Waals surface area contributed by atoms with Crippen molar-refractivity contribution in [1.82, 2.24) is 4.90 Å². The SMILES string of the molecule is Cc1ccc(CC(=O)N2CCOC(C#N)C2)cc1C. The second kappa shape index (κ2) is 5.85. The highest BCUT2D eigenvalue weighted by atomic mass is 16.5. The van der Waals surface area contributed by atoms with Crippen molar-refractivity contribution in [2.75, 3.05) is 19.7 Å². The Morgan fingerprint density at radius 1 is 1.47 bits per heavy atom. The highest BCUT2D eigenvalue weighted by molar-refractivity contribution is 5.79. The molecule has 4 nitrogen and oxygen atoms in total. The predicted molar refractivity (Wildman–Crippen MR) is 71.6 cm³/mol. The summed E-state index contributed by atoms with van der Waals surface area (Å²) in [5.74, 6) is 0.0619. The fourth-order valence-corrected chi connectivity index (χ4v) is 2.15. The lowest BCUT2D eigenvalue weighted by atomic mass is 10.0. The zero-order valence-corrected chi connectivity index (χ0v) is 11.3. The van der Waals surface area contributed by atoms with Crippen molar-refractivity contribution in [3.63, 3.8) is 0 Å². The molecule has 0 radical (unpaired) electrons. The van der Waals surface area contributed by atoms with E-state index in [4.69, 9.17) is 10.00 Å². The van der Waals surface area contributed by atoms with Crippen LogP contribution in [0.4, 0.5) is 0 Å². The van der Waals surface area contributed by atoms with Crippen LogP contribution < -0.4 is 0 Å². The monoisotopic (exact) mass is 258 g/mol. The second-order valence-corrected chi connectivity index (χ2v) is 4.92. The molecule has 1 saturated heterocycles. The number of ether oxygens (including phenoxy) is 1. The molecule has 100 valence electrons. The van der Waals surface area contributed by atoms with Crippen molar-refractivity contribution in [2.24, 2.45) is 0 Å². The molecule has 1 amide bonds. The van der Waals surface area contributed by atoms with Crippen molar-refractivity contribution in [3.8, 4) is 6.07 Å². The highest BCUT2D eigenvalue weighted by Gasteiger charge is 2.23. The van der Waals surface area contributed by atoms with Crippen molar-refractivity contribution >= 4 is 5.91 Å². The number of nitriles is 1. The van der Waals surface area contributed by atoms with Gasteiger partial charge in [-0.25, -0.2) is 0 Å². The first-order valence-corrected chi connectivity index (χ1v) is 6.45. The molecule has 1 heterocycles. The lowest BCUT2D eigenvalue weighted by Gasteiger charge is -2.29. The molecule has 0 saturated carbocycles. The van der Waals surface area contributed by atoms with Crippen LogP contribution in [0.25, 0.3) is 0 Å². The predicted octanol–water partition coefficient (Wildman–Crippen LogP) is 1.60. The van der Waals surface area contributed by atoms with Gasteiger partial charge in [0.15, 0.2) is 6.10 Å². The molecule has 1 aliphatic heterocycles. The summed E-state index contributed by atoms with van der Waals surface area (Å²) in [6.07, 6.45) is -0.100. The number of rotatable bonds is 2. The third kappa shape index (κ3) is 3.33. The van der Waals surface area contributed by atoms with E-state index in [-0.39, 0.29) is 5.91 Å². The van der Waals surface area contributed by atoms with E-state index >= 15 is 0 Å². The number of nitrogens with zero attached hydrogens (tertiary/aromatic N) is 2. The Hall–Kier alpha value is -1.86. The molecular weight excluding hydrogens is 240 g/mol. The van der Waals surface area contributed by atoms with Gasteiger partial charge in [-0.15, -0.1) is 0 Å². The van der Waals surface area contributed by atoms with E-state index < -0.39 is 6.10 Å². The molecule has 0 bridgehead atoms. The fraction of sp³-hybridized carbons (Fsp3) is 0.467. The summed E-state index contributed by atoms with van der Waals surface area (Å²) >= 11 is 0. The lowest BCUT2D eigenvalue weighted by Crippen LogP contribution is -2.45. The molecule has 1 unspecified atom stereocenters. The van der Waals surface area contributed by atoms with Gasteiger partial charge in [0.25, 0.3) is 0 Å². The minimum atomic E-state index is -0.488. The van der Waals surface area contributed by atoms with Crippen LogP contribution in [-0.2, 0) is 16.0 Å². The summed E-state index contributed by atoms with van der Waals surface area (Å²) in [4.78, 5) is 13.9. The topological polar surface area (TPSA) is 53.3 Å². The summed E-state index contributed by atoms with van der Waals surface area (Å²) in [7, 11) is 0. The smallest absolute Gasteiger partial charge is 0.227 e. The zero-order valence-electron chi connectivity index (χ0n) is 11.3. The molecule has 0 N–H and O–H groups in total. The summed E-state index contributed by atoms with van der Waals surface area (Å²) in [6, 6.07) is 8.13. The maximum absolute atomic E-state index is 12.2. The number of carbonyl (C=O) groups is 1. The molecule has 1 atom stereocenters. The third-order valence-corrected chi connectivity index (χ3v) is 3.49. The quantitative estimate of drug-likeness (QED) is 0.809. The molecular formula is C15H18N2O2. The van der Waals surface area contributed by atoms with Crippen LogP contribution in [0.3, 0.4) is 0 Å². The molecule has 0 aromatic heterocycles. The molecule has 4 heteroatoms. The Kier molecular flexibility index (Phi) is 4.18. The maximum atomic E-state index is 12.2. The van der Waals surface area contributed by atoms with Gasteiger partial charge in [-0.05, 0) is 30.5 Å². The number of hydrogen-bond donors (Lipinski definition) is 0. The van der Waals surface area contributed by atoms with E-state index in [1.807, 2.05) is 19.1 Å². The minimum absolute atomic E-state index is 0.0619. The Bertz CT molecular complexity index is 519. The summed E-state index contributed by atoms with van der Waals surface area (Å²) in [5.41, 5.74) is 3.45. The van der Waals surface area contributed by atoms with Crippen molar-refractivity contribution in [3.05, 3.63) is 34.9 Å². The summed E-state index contributed by atoms with van der Waals surface area (Å²) in [5, 5.41) is 8.83. The molecule has 0 aliphatic carbocycles. The minimum Gasteiger partial charge on any atom is -0.360 e. The Morgan fingerprint density at radius 3 is 2.95 bits per heavy atom.